The summed E-state index contributed by atoms with van der Waals surface area (Å²) in [6, 6.07) is 6.60. The van der Waals surface area contributed by atoms with Crippen molar-refractivity contribution in [3.63, 3.8) is 0 Å². The molecule has 8 heteroatoms. The third-order valence-corrected chi connectivity index (χ3v) is 5.84. The molecule has 1 saturated heterocycles. The molecule has 2 N–H and O–H groups in total. The quantitative estimate of drug-likeness (QED) is 0.545. The number of aliphatic imine (C=N–C) groups is 1. The van der Waals surface area contributed by atoms with Gasteiger partial charge in [-0.2, -0.15) is 0 Å². The lowest BCUT2D eigenvalue weighted by atomic mass is 10.1. The number of guanidine groups is 1. The van der Waals surface area contributed by atoms with E-state index in [-0.39, 0.29) is 6.10 Å². The van der Waals surface area contributed by atoms with E-state index < -0.39 is 0 Å². The second-order valence-electron chi connectivity index (χ2n) is 7.39. The van der Waals surface area contributed by atoms with E-state index in [1.807, 2.05) is 6.07 Å². The van der Waals surface area contributed by atoms with Gasteiger partial charge in [0.25, 0.3) is 0 Å². The fraction of sp³-hybridized carbons (Fsp3) is 0.600. The molecule has 0 saturated carbocycles. The highest BCUT2D eigenvalue weighted by molar-refractivity contribution is 7.10. The number of nitrogens with one attached hydrogen (secondary N) is 2. The molecule has 2 atom stereocenters. The Kier molecular flexibility index (Phi) is 7.47. The Hall–Kier alpha value is -1.90. The molecule has 2 aromatic rings. The molecule has 28 heavy (non-hydrogen) atoms. The highest BCUT2D eigenvalue weighted by atomic mass is 32.1. The molecule has 2 unspecified atom stereocenters. The van der Waals surface area contributed by atoms with Crippen molar-refractivity contribution in [2.45, 2.75) is 45.4 Å². The Labute approximate surface area is 171 Å². The third kappa shape index (κ3) is 5.56. The molecule has 1 aliphatic rings. The van der Waals surface area contributed by atoms with Gasteiger partial charge < -0.3 is 19.9 Å². The van der Waals surface area contributed by atoms with Crippen molar-refractivity contribution in [3.8, 4) is 0 Å². The first kappa shape index (κ1) is 20.8. The van der Waals surface area contributed by atoms with E-state index >= 15 is 0 Å². The third-order valence-electron chi connectivity index (χ3n) is 4.87. The van der Waals surface area contributed by atoms with Gasteiger partial charge in [-0.1, -0.05) is 25.1 Å². The van der Waals surface area contributed by atoms with E-state index in [4.69, 9.17) is 9.26 Å². The average Bonchev–Trinajstić information content (AvgIpc) is 3.36. The predicted octanol–water partition coefficient (Wildman–Crippen LogP) is 2.99. The van der Waals surface area contributed by atoms with Gasteiger partial charge in [-0.15, -0.1) is 11.3 Å². The van der Waals surface area contributed by atoms with Gasteiger partial charge in [-0.3, -0.25) is 9.89 Å². The van der Waals surface area contributed by atoms with Crippen LogP contribution in [0.1, 0.15) is 49.1 Å². The molecule has 0 amide bonds. The maximum absolute atomic E-state index is 5.72. The summed E-state index contributed by atoms with van der Waals surface area (Å²) in [7, 11) is 1.78. The van der Waals surface area contributed by atoms with Gasteiger partial charge in [0.2, 0.25) is 0 Å². The lowest BCUT2D eigenvalue weighted by molar-refractivity contribution is -0.0334. The molecule has 1 fully saturated rings. The number of aromatic nitrogens is 1. The van der Waals surface area contributed by atoms with Crippen LogP contribution in [0.15, 0.2) is 33.1 Å². The zero-order chi connectivity index (χ0) is 19.9. The van der Waals surface area contributed by atoms with Crippen LogP contribution in [0.5, 0.6) is 0 Å². The van der Waals surface area contributed by atoms with Gasteiger partial charge in [0.05, 0.1) is 31.0 Å². The van der Waals surface area contributed by atoms with E-state index in [9.17, 15) is 0 Å². The molecule has 0 aliphatic carbocycles. The lowest BCUT2D eigenvalue weighted by Crippen LogP contribution is -2.47. The van der Waals surface area contributed by atoms with Crippen LogP contribution in [-0.4, -0.2) is 55.4 Å². The molecular weight excluding hydrogens is 374 g/mol. The normalized spacial score (nSPS) is 19.8. The van der Waals surface area contributed by atoms with Crippen LogP contribution in [-0.2, 0) is 11.3 Å². The fourth-order valence-electron chi connectivity index (χ4n) is 3.29. The van der Waals surface area contributed by atoms with Gasteiger partial charge in [0.15, 0.2) is 11.7 Å². The Morgan fingerprint density at radius 3 is 2.93 bits per heavy atom. The van der Waals surface area contributed by atoms with Crippen molar-refractivity contribution in [1.29, 1.82) is 0 Å². The number of ether oxygens (including phenoxy) is 1. The van der Waals surface area contributed by atoms with Crippen LogP contribution < -0.4 is 10.6 Å². The monoisotopic (exact) mass is 405 g/mol. The number of hydrogen-bond donors (Lipinski definition) is 2. The van der Waals surface area contributed by atoms with Crippen LogP contribution >= 0.6 is 11.3 Å². The van der Waals surface area contributed by atoms with Gasteiger partial charge in [0.1, 0.15) is 0 Å². The Morgan fingerprint density at radius 1 is 1.43 bits per heavy atom. The van der Waals surface area contributed by atoms with Gasteiger partial charge in [-0.25, -0.2) is 0 Å². The molecule has 3 rings (SSSR count). The molecule has 0 spiro atoms. The van der Waals surface area contributed by atoms with Gasteiger partial charge >= 0.3 is 0 Å². The highest BCUT2D eigenvalue weighted by Crippen LogP contribution is 2.26. The Bertz CT molecular complexity index is 744. The fourth-order valence-corrected chi connectivity index (χ4v) is 4.15. The summed E-state index contributed by atoms with van der Waals surface area (Å²) in [5.41, 5.74) is 0.971. The first-order chi connectivity index (χ1) is 13.6. The van der Waals surface area contributed by atoms with Crippen LogP contribution in [0.4, 0.5) is 0 Å². The predicted molar refractivity (Wildman–Crippen MR) is 113 cm³/mol. The minimum Gasteiger partial charge on any atom is -0.376 e. The topological polar surface area (TPSA) is 74.9 Å². The maximum atomic E-state index is 5.72. The summed E-state index contributed by atoms with van der Waals surface area (Å²) in [5.74, 6) is 1.92. The highest BCUT2D eigenvalue weighted by Gasteiger charge is 2.26. The number of morpholine rings is 1. The largest absolute Gasteiger partial charge is 0.376 e. The minimum absolute atomic E-state index is 0.259. The summed E-state index contributed by atoms with van der Waals surface area (Å²) in [6.07, 6.45) is 0.259. The lowest BCUT2D eigenvalue weighted by Gasteiger charge is -2.37. The standard InChI is InChI=1S/C20H31N5O2S/c1-14(2)17-10-16(27-24-17)11-22-20(21-4)23-12-18(19-6-5-9-28-19)25-7-8-26-15(3)13-25/h5-6,9-10,14-15,18H,7-8,11-13H2,1-4H3,(H2,21,22,23). The Balaban J connectivity index is 1.57. The summed E-state index contributed by atoms with van der Waals surface area (Å²) < 4.78 is 11.1. The number of nitrogens with zero attached hydrogens (tertiary/aromatic N) is 3. The van der Waals surface area contributed by atoms with Crippen LogP contribution in [0.2, 0.25) is 0 Å². The summed E-state index contributed by atoms with van der Waals surface area (Å²) in [5, 5.41) is 13.0. The smallest absolute Gasteiger partial charge is 0.191 e. The molecule has 2 aromatic heterocycles. The molecule has 0 aromatic carbocycles. The van der Waals surface area contributed by atoms with E-state index in [0.29, 0.717) is 18.5 Å². The SMILES string of the molecule is CN=C(NCc1cc(C(C)C)no1)NCC(c1cccs1)N1CCOC(C)C1. The average molecular weight is 406 g/mol. The van der Waals surface area contributed by atoms with Crippen molar-refractivity contribution >= 4 is 17.3 Å². The van der Waals surface area contributed by atoms with E-state index in [1.165, 1.54) is 4.88 Å². The minimum atomic E-state index is 0.259. The molecule has 1 aliphatic heterocycles. The number of hydrogen-bond acceptors (Lipinski definition) is 6. The summed E-state index contributed by atoms with van der Waals surface area (Å²) in [6.45, 7) is 10.3. The van der Waals surface area contributed by atoms with Crippen molar-refractivity contribution in [3.05, 3.63) is 39.9 Å². The molecular formula is C20H31N5O2S. The second-order valence-corrected chi connectivity index (χ2v) is 8.37. The van der Waals surface area contributed by atoms with Crippen LogP contribution in [0.3, 0.4) is 0 Å². The maximum Gasteiger partial charge on any atom is 0.191 e. The van der Waals surface area contributed by atoms with Crippen molar-refractivity contribution in [1.82, 2.24) is 20.7 Å². The van der Waals surface area contributed by atoms with Crippen LogP contribution in [0.25, 0.3) is 0 Å². The molecule has 7 nitrogen and oxygen atoms in total. The van der Waals surface area contributed by atoms with E-state index in [0.717, 1.165) is 43.7 Å². The Morgan fingerprint density at radius 2 is 2.29 bits per heavy atom. The molecule has 154 valence electrons. The zero-order valence-corrected chi connectivity index (χ0v) is 18.0. The van der Waals surface area contributed by atoms with Crippen molar-refractivity contribution in [2.24, 2.45) is 4.99 Å². The van der Waals surface area contributed by atoms with E-state index in [1.54, 1.807) is 18.4 Å². The first-order valence-corrected chi connectivity index (χ1v) is 10.7. The number of rotatable bonds is 7. The van der Waals surface area contributed by atoms with Crippen LogP contribution in [0, 0.1) is 0 Å². The summed E-state index contributed by atoms with van der Waals surface area (Å²) in [4.78, 5) is 8.20. The molecule has 0 bridgehead atoms. The van der Waals surface area contributed by atoms with Gasteiger partial charge in [0, 0.05) is 37.6 Å². The van der Waals surface area contributed by atoms with E-state index in [2.05, 4.69) is 64.0 Å². The van der Waals surface area contributed by atoms with Crippen molar-refractivity contribution in [2.75, 3.05) is 33.3 Å². The van der Waals surface area contributed by atoms with Gasteiger partial charge in [-0.05, 0) is 24.3 Å². The second kappa shape index (κ2) is 10.0. The first-order valence-electron chi connectivity index (χ1n) is 9.86. The molecule has 3 heterocycles. The molecule has 0 radical (unpaired) electrons. The number of thiophene rings is 1. The zero-order valence-electron chi connectivity index (χ0n) is 17.1. The van der Waals surface area contributed by atoms with Crippen molar-refractivity contribution < 1.29 is 9.26 Å². The summed E-state index contributed by atoms with van der Waals surface area (Å²) >= 11 is 1.79.